The first kappa shape index (κ1) is 26.9. The van der Waals surface area contributed by atoms with Crippen molar-refractivity contribution in [1.82, 2.24) is 15.0 Å². The molecule has 0 saturated heterocycles. The first-order valence-corrected chi connectivity index (χ1v) is 10.8. The largest absolute Gasteiger partial charge is 0.381 e. The predicted octanol–water partition coefficient (Wildman–Crippen LogP) is 7.48. The maximum absolute atomic E-state index is 12.6. The summed E-state index contributed by atoms with van der Waals surface area (Å²) in [5.74, 6) is 0. The van der Waals surface area contributed by atoms with Gasteiger partial charge in [-0.05, 0) is 53.2 Å². The SMILES string of the molecule is Cc1cc(-c2[c-]cc(C(F)(F)F)cc2)ncc1-c1ccncc1.[Ir].[c-]1ccccc1-c1ccccn1. The average molecular weight is 660 g/mol. The van der Waals surface area contributed by atoms with Crippen LogP contribution < -0.4 is 0 Å². The van der Waals surface area contributed by atoms with Crippen LogP contribution in [0.3, 0.4) is 0 Å². The Morgan fingerprint density at radius 2 is 1.50 bits per heavy atom. The summed E-state index contributed by atoms with van der Waals surface area (Å²) in [5, 5.41) is 0. The van der Waals surface area contributed by atoms with Crippen LogP contribution in [-0.2, 0) is 26.3 Å². The van der Waals surface area contributed by atoms with Gasteiger partial charge in [0.05, 0.1) is 0 Å². The van der Waals surface area contributed by atoms with Crippen molar-refractivity contribution in [2.75, 3.05) is 0 Å². The minimum atomic E-state index is -4.36. The number of aromatic nitrogens is 3. The number of nitrogens with zero attached hydrogens (tertiary/aromatic N) is 3. The minimum Gasteiger partial charge on any atom is -0.305 e. The zero-order chi connectivity index (χ0) is 24.7. The molecule has 0 fully saturated rings. The van der Waals surface area contributed by atoms with Gasteiger partial charge in [0.1, 0.15) is 0 Å². The molecule has 3 heterocycles. The maximum Gasteiger partial charge on any atom is 0.381 e. The summed E-state index contributed by atoms with van der Waals surface area (Å²) >= 11 is 0. The second kappa shape index (κ2) is 12.3. The molecule has 3 aromatic heterocycles. The monoisotopic (exact) mass is 660 g/mol. The summed E-state index contributed by atoms with van der Waals surface area (Å²) in [5.41, 5.74) is 5.35. The summed E-state index contributed by atoms with van der Waals surface area (Å²) in [7, 11) is 0. The van der Waals surface area contributed by atoms with Gasteiger partial charge in [-0.3, -0.25) is 4.98 Å². The number of alkyl halides is 3. The quantitative estimate of drug-likeness (QED) is 0.189. The van der Waals surface area contributed by atoms with Crippen LogP contribution >= 0.6 is 0 Å². The molecule has 5 rings (SSSR count). The fourth-order valence-electron chi connectivity index (χ4n) is 3.37. The Morgan fingerprint density at radius 1 is 0.750 bits per heavy atom. The van der Waals surface area contributed by atoms with Crippen molar-refractivity contribution >= 4 is 0 Å². The molecule has 1 radical (unpaired) electrons. The van der Waals surface area contributed by atoms with Gasteiger partial charge in [-0.1, -0.05) is 18.2 Å². The van der Waals surface area contributed by atoms with Gasteiger partial charge in [0.2, 0.25) is 0 Å². The average Bonchev–Trinajstić information content (AvgIpc) is 2.90. The van der Waals surface area contributed by atoms with Crippen LogP contribution in [0.15, 0.2) is 104 Å². The smallest absolute Gasteiger partial charge is 0.305 e. The van der Waals surface area contributed by atoms with E-state index in [0.29, 0.717) is 11.3 Å². The Labute approximate surface area is 221 Å². The zero-order valence-corrected chi connectivity index (χ0v) is 21.5. The number of pyridine rings is 3. The first-order chi connectivity index (χ1) is 16.9. The fourth-order valence-corrected chi connectivity index (χ4v) is 3.37. The van der Waals surface area contributed by atoms with Crippen molar-refractivity contribution in [2.24, 2.45) is 0 Å². The Kier molecular flexibility index (Phi) is 9.23. The van der Waals surface area contributed by atoms with E-state index in [-0.39, 0.29) is 20.1 Å². The molecule has 0 aliphatic heterocycles. The molecular weight excluding hydrogens is 640 g/mol. The number of benzene rings is 2. The van der Waals surface area contributed by atoms with E-state index in [9.17, 15) is 13.2 Å². The molecule has 0 bridgehead atoms. The number of halogens is 3. The zero-order valence-electron chi connectivity index (χ0n) is 19.1. The summed E-state index contributed by atoms with van der Waals surface area (Å²) in [6.07, 6.45) is 2.55. The van der Waals surface area contributed by atoms with Gasteiger partial charge in [-0.2, -0.15) is 13.2 Å². The van der Waals surface area contributed by atoms with Crippen LogP contribution in [0.1, 0.15) is 11.1 Å². The molecule has 0 unspecified atom stereocenters. The van der Waals surface area contributed by atoms with Crippen molar-refractivity contribution in [3.8, 4) is 33.6 Å². The van der Waals surface area contributed by atoms with E-state index in [1.165, 1.54) is 6.07 Å². The third-order valence-corrected chi connectivity index (χ3v) is 5.17. The molecule has 0 saturated carbocycles. The van der Waals surface area contributed by atoms with E-state index < -0.39 is 11.7 Å². The van der Waals surface area contributed by atoms with Crippen LogP contribution in [0.5, 0.6) is 0 Å². The normalized spacial score (nSPS) is 10.6. The van der Waals surface area contributed by atoms with E-state index in [0.717, 1.165) is 40.1 Å². The summed E-state index contributed by atoms with van der Waals surface area (Å²) in [6.45, 7) is 1.94. The Morgan fingerprint density at radius 3 is 2.08 bits per heavy atom. The molecule has 0 N–H and O–H groups in total. The van der Waals surface area contributed by atoms with Crippen molar-refractivity contribution in [2.45, 2.75) is 13.1 Å². The van der Waals surface area contributed by atoms with Crippen molar-refractivity contribution in [3.63, 3.8) is 0 Å². The Hall–Kier alpha value is -3.67. The van der Waals surface area contributed by atoms with Gasteiger partial charge in [0.25, 0.3) is 0 Å². The molecule has 7 heteroatoms. The van der Waals surface area contributed by atoms with Crippen LogP contribution in [0.4, 0.5) is 13.2 Å². The molecule has 36 heavy (non-hydrogen) atoms. The Balaban J connectivity index is 0.000000234. The number of rotatable bonds is 3. The standard InChI is InChI=1S/C18H12F3N2.C11H8N.Ir/c1-12-10-17(14-2-4-15(5-3-14)18(19,20)21)23-11-16(12)13-6-8-22-9-7-13;1-2-6-10(7-3-1)11-8-4-5-9-12-11;/h2,4-11H,1H3;1-6,8-9H;/q2*-1;. The van der Waals surface area contributed by atoms with E-state index in [2.05, 4.69) is 27.1 Å². The summed E-state index contributed by atoms with van der Waals surface area (Å²) < 4.78 is 37.8. The number of aryl methyl sites for hydroxylation is 1. The second-order valence-corrected chi connectivity index (χ2v) is 7.60. The molecule has 0 aliphatic rings. The molecule has 0 atom stereocenters. The Bertz CT molecular complexity index is 1320. The van der Waals surface area contributed by atoms with Gasteiger partial charge in [0.15, 0.2) is 0 Å². The molecule has 2 aromatic carbocycles. The summed E-state index contributed by atoms with van der Waals surface area (Å²) in [6, 6.07) is 28.5. The molecular formula is C29H20F3IrN3-2. The topological polar surface area (TPSA) is 38.7 Å². The fraction of sp³-hybridized carbons (Fsp3) is 0.0690. The summed E-state index contributed by atoms with van der Waals surface area (Å²) in [4.78, 5) is 12.5. The molecule has 0 amide bonds. The van der Waals surface area contributed by atoms with Crippen molar-refractivity contribution < 1.29 is 33.3 Å². The van der Waals surface area contributed by atoms with Gasteiger partial charge < -0.3 is 9.97 Å². The van der Waals surface area contributed by atoms with Gasteiger partial charge in [-0.25, -0.2) is 0 Å². The van der Waals surface area contributed by atoms with Crippen molar-refractivity contribution in [3.05, 3.63) is 127 Å². The number of hydrogen-bond donors (Lipinski definition) is 0. The van der Waals surface area contributed by atoms with Crippen molar-refractivity contribution in [1.29, 1.82) is 0 Å². The second-order valence-electron chi connectivity index (χ2n) is 7.60. The maximum atomic E-state index is 12.6. The third kappa shape index (κ3) is 6.94. The van der Waals surface area contributed by atoms with E-state index in [4.69, 9.17) is 0 Å². The first-order valence-electron chi connectivity index (χ1n) is 10.8. The van der Waals surface area contributed by atoms with Crippen LogP contribution in [0.25, 0.3) is 33.6 Å². The van der Waals surface area contributed by atoms with Crippen LogP contribution in [0.2, 0.25) is 0 Å². The number of hydrogen-bond acceptors (Lipinski definition) is 3. The van der Waals surface area contributed by atoms with Gasteiger partial charge in [-0.15, -0.1) is 65.7 Å². The minimum absolute atomic E-state index is 0. The van der Waals surface area contributed by atoms with Crippen LogP contribution in [0, 0.1) is 19.1 Å². The van der Waals surface area contributed by atoms with E-state index in [1.54, 1.807) is 24.8 Å². The van der Waals surface area contributed by atoms with Crippen LogP contribution in [-0.4, -0.2) is 15.0 Å². The molecule has 183 valence electrons. The third-order valence-electron chi connectivity index (χ3n) is 5.17. The van der Waals surface area contributed by atoms with E-state index in [1.807, 2.05) is 67.6 Å². The molecule has 3 nitrogen and oxygen atoms in total. The molecule has 5 aromatic rings. The molecule has 0 aliphatic carbocycles. The predicted molar refractivity (Wildman–Crippen MR) is 130 cm³/mol. The van der Waals surface area contributed by atoms with Gasteiger partial charge in [0, 0.05) is 50.5 Å². The molecule has 0 spiro atoms. The van der Waals surface area contributed by atoms with Gasteiger partial charge >= 0.3 is 6.18 Å². The van der Waals surface area contributed by atoms with E-state index >= 15 is 0 Å².